The molecule has 16 heavy (non-hydrogen) atoms. The first-order valence-electron chi connectivity index (χ1n) is 5.51. The van der Waals surface area contributed by atoms with Crippen molar-refractivity contribution in [1.82, 2.24) is 5.32 Å². The van der Waals surface area contributed by atoms with Gasteiger partial charge in [-0.2, -0.15) is 0 Å². The molecule has 1 N–H and O–H groups in total. The van der Waals surface area contributed by atoms with E-state index in [4.69, 9.17) is 4.42 Å². The van der Waals surface area contributed by atoms with Gasteiger partial charge in [0.2, 0.25) is 0 Å². The summed E-state index contributed by atoms with van der Waals surface area (Å²) in [4.78, 5) is 11.8. The molecule has 0 unspecified atom stereocenters. The van der Waals surface area contributed by atoms with E-state index in [9.17, 15) is 4.79 Å². The Balaban J connectivity index is 2.42. The van der Waals surface area contributed by atoms with E-state index < -0.39 is 0 Å². The summed E-state index contributed by atoms with van der Waals surface area (Å²) in [5.41, 5.74) is 3.59. The summed E-state index contributed by atoms with van der Waals surface area (Å²) in [6.07, 6.45) is 0.903. The maximum absolute atomic E-state index is 11.8. The van der Waals surface area contributed by atoms with Crippen LogP contribution in [0.1, 0.15) is 16.7 Å². The van der Waals surface area contributed by atoms with E-state index in [1.54, 1.807) is 0 Å². The molecule has 0 bridgehead atoms. The SMILES string of the molecule is Cc1ccc2c3c(c(=O)oc2c1)CNCC3. The van der Waals surface area contributed by atoms with Crippen molar-refractivity contribution in [1.29, 1.82) is 0 Å². The third kappa shape index (κ3) is 1.36. The van der Waals surface area contributed by atoms with Crippen molar-refractivity contribution in [2.24, 2.45) is 0 Å². The van der Waals surface area contributed by atoms with E-state index in [2.05, 4.69) is 17.4 Å². The summed E-state index contributed by atoms with van der Waals surface area (Å²) in [6.45, 7) is 3.56. The Morgan fingerprint density at radius 1 is 1.31 bits per heavy atom. The summed E-state index contributed by atoms with van der Waals surface area (Å²) in [7, 11) is 0. The van der Waals surface area contributed by atoms with Crippen LogP contribution < -0.4 is 10.9 Å². The Morgan fingerprint density at radius 2 is 2.19 bits per heavy atom. The maximum atomic E-state index is 11.8. The van der Waals surface area contributed by atoms with Crippen molar-refractivity contribution in [3.05, 3.63) is 45.3 Å². The molecular weight excluding hydrogens is 202 g/mol. The smallest absolute Gasteiger partial charge is 0.341 e. The molecule has 3 rings (SSSR count). The lowest BCUT2D eigenvalue weighted by molar-refractivity contribution is 0.526. The first kappa shape index (κ1) is 9.60. The lowest BCUT2D eigenvalue weighted by Crippen LogP contribution is -2.29. The highest BCUT2D eigenvalue weighted by Gasteiger charge is 2.17. The van der Waals surface area contributed by atoms with Gasteiger partial charge in [-0.05, 0) is 37.1 Å². The van der Waals surface area contributed by atoms with Gasteiger partial charge in [0.1, 0.15) is 5.58 Å². The third-order valence-corrected chi connectivity index (χ3v) is 3.13. The van der Waals surface area contributed by atoms with Crippen LogP contribution in [-0.2, 0) is 13.0 Å². The fraction of sp³-hybridized carbons (Fsp3) is 0.308. The molecule has 0 aliphatic carbocycles. The Labute approximate surface area is 93.1 Å². The van der Waals surface area contributed by atoms with E-state index in [1.807, 2.05) is 13.0 Å². The minimum absolute atomic E-state index is 0.194. The van der Waals surface area contributed by atoms with E-state index in [1.165, 1.54) is 0 Å². The largest absolute Gasteiger partial charge is 0.422 e. The standard InChI is InChI=1S/C13H13NO2/c1-8-2-3-10-9-4-5-14-7-11(9)13(15)16-12(10)6-8/h2-3,6,14H,4-5,7H2,1H3. The molecule has 1 aromatic heterocycles. The summed E-state index contributed by atoms with van der Waals surface area (Å²) < 4.78 is 5.35. The Bertz CT molecular complexity index is 613. The summed E-state index contributed by atoms with van der Waals surface area (Å²) in [5.74, 6) is 0. The molecular formula is C13H13NO2. The van der Waals surface area contributed by atoms with Gasteiger partial charge in [0.15, 0.2) is 0 Å². The predicted octanol–water partition coefficient (Wildman–Crippen LogP) is 1.75. The normalized spacial score (nSPS) is 15.1. The van der Waals surface area contributed by atoms with Crippen molar-refractivity contribution < 1.29 is 4.42 Å². The van der Waals surface area contributed by atoms with Crippen molar-refractivity contribution in [3.8, 4) is 0 Å². The highest BCUT2D eigenvalue weighted by atomic mass is 16.4. The maximum Gasteiger partial charge on any atom is 0.341 e. The lowest BCUT2D eigenvalue weighted by Gasteiger charge is -2.17. The average Bonchev–Trinajstić information content (AvgIpc) is 2.29. The number of benzene rings is 1. The molecule has 0 saturated carbocycles. The molecule has 1 aliphatic rings. The number of fused-ring (bicyclic) bond motifs is 3. The van der Waals surface area contributed by atoms with E-state index in [0.29, 0.717) is 12.1 Å². The highest BCUT2D eigenvalue weighted by molar-refractivity contribution is 5.82. The molecule has 82 valence electrons. The molecule has 0 atom stereocenters. The molecule has 0 saturated heterocycles. The second-order valence-corrected chi connectivity index (χ2v) is 4.27. The Hall–Kier alpha value is -1.61. The molecule has 1 aromatic carbocycles. The average molecular weight is 215 g/mol. The number of rotatable bonds is 0. The molecule has 0 radical (unpaired) electrons. The van der Waals surface area contributed by atoms with Crippen molar-refractivity contribution >= 4 is 11.0 Å². The monoisotopic (exact) mass is 215 g/mol. The summed E-state index contributed by atoms with van der Waals surface area (Å²) in [6, 6.07) is 6.04. The van der Waals surface area contributed by atoms with Crippen LogP contribution in [0.2, 0.25) is 0 Å². The minimum Gasteiger partial charge on any atom is -0.422 e. The van der Waals surface area contributed by atoms with Gasteiger partial charge in [0.05, 0.1) is 5.56 Å². The highest BCUT2D eigenvalue weighted by Crippen LogP contribution is 2.23. The molecule has 3 nitrogen and oxygen atoms in total. The second kappa shape index (κ2) is 3.46. The Morgan fingerprint density at radius 3 is 3.06 bits per heavy atom. The summed E-state index contributed by atoms with van der Waals surface area (Å²) in [5, 5.41) is 4.28. The molecule has 3 heteroatoms. The molecule has 0 fully saturated rings. The van der Waals surface area contributed by atoms with Crippen LogP contribution in [-0.4, -0.2) is 6.54 Å². The van der Waals surface area contributed by atoms with Gasteiger partial charge in [-0.15, -0.1) is 0 Å². The van der Waals surface area contributed by atoms with Crippen LogP contribution in [0.3, 0.4) is 0 Å². The van der Waals surface area contributed by atoms with Gasteiger partial charge < -0.3 is 9.73 Å². The van der Waals surface area contributed by atoms with Gasteiger partial charge >= 0.3 is 5.63 Å². The van der Waals surface area contributed by atoms with Gasteiger partial charge in [-0.1, -0.05) is 12.1 Å². The van der Waals surface area contributed by atoms with Crippen molar-refractivity contribution in [3.63, 3.8) is 0 Å². The third-order valence-electron chi connectivity index (χ3n) is 3.13. The van der Waals surface area contributed by atoms with E-state index in [-0.39, 0.29) is 5.63 Å². The van der Waals surface area contributed by atoms with Crippen LogP contribution in [0, 0.1) is 6.92 Å². The van der Waals surface area contributed by atoms with Crippen LogP contribution in [0.4, 0.5) is 0 Å². The zero-order valence-corrected chi connectivity index (χ0v) is 9.17. The Kier molecular flexibility index (Phi) is 2.07. The second-order valence-electron chi connectivity index (χ2n) is 4.27. The lowest BCUT2D eigenvalue weighted by atomic mass is 9.98. The van der Waals surface area contributed by atoms with Gasteiger partial charge in [-0.25, -0.2) is 4.79 Å². The van der Waals surface area contributed by atoms with Crippen LogP contribution in [0.15, 0.2) is 27.4 Å². The number of hydrogen-bond donors (Lipinski definition) is 1. The number of hydrogen-bond acceptors (Lipinski definition) is 3. The molecule has 2 heterocycles. The molecule has 1 aliphatic heterocycles. The number of nitrogens with one attached hydrogen (secondary N) is 1. The first-order valence-corrected chi connectivity index (χ1v) is 5.51. The van der Waals surface area contributed by atoms with Crippen molar-refractivity contribution in [2.45, 2.75) is 19.9 Å². The fourth-order valence-corrected chi connectivity index (χ4v) is 2.30. The zero-order chi connectivity index (χ0) is 11.1. The van der Waals surface area contributed by atoms with E-state index >= 15 is 0 Å². The van der Waals surface area contributed by atoms with Crippen molar-refractivity contribution in [2.75, 3.05) is 6.54 Å². The first-order chi connectivity index (χ1) is 7.75. The zero-order valence-electron chi connectivity index (χ0n) is 9.17. The predicted molar refractivity (Wildman–Crippen MR) is 62.6 cm³/mol. The van der Waals surface area contributed by atoms with Gasteiger partial charge in [-0.3, -0.25) is 0 Å². The number of aryl methyl sites for hydroxylation is 1. The quantitative estimate of drug-likeness (QED) is 0.681. The van der Waals surface area contributed by atoms with E-state index in [0.717, 1.165) is 35.0 Å². The molecule has 0 spiro atoms. The molecule has 2 aromatic rings. The van der Waals surface area contributed by atoms with Crippen LogP contribution >= 0.6 is 0 Å². The fourth-order valence-electron chi connectivity index (χ4n) is 2.30. The topological polar surface area (TPSA) is 42.2 Å². The van der Waals surface area contributed by atoms with Gasteiger partial charge in [0.25, 0.3) is 0 Å². The summed E-state index contributed by atoms with van der Waals surface area (Å²) >= 11 is 0. The minimum atomic E-state index is -0.194. The van der Waals surface area contributed by atoms with Crippen LogP contribution in [0.25, 0.3) is 11.0 Å². The van der Waals surface area contributed by atoms with Crippen LogP contribution in [0.5, 0.6) is 0 Å². The molecule has 0 amide bonds. The van der Waals surface area contributed by atoms with Gasteiger partial charge in [0, 0.05) is 11.9 Å².